The Morgan fingerprint density at radius 3 is 2.52 bits per heavy atom. The van der Waals surface area contributed by atoms with Crippen molar-refractivity contribution in [2.24, 2.45) is 5.92 Å². The minimum Gasteiger partial charge on any atom is -0.456 e. The van der Waals surface area contributed by atoms with E-state index in [4.69, 9.17) is 21.6 Å². The molecule has 0 saturated heterocycles. The first-order valence-electron chi connectivity index (χ1n) is 8.14. The molecule has 0 radical (unpaired) electrons. The summed E-state index contributed by atoms with van der Waals surface area (Å²) in [6.45, 7) is 4.36. The Hall–Kier alpha value is -2.15. The summed E-state index contributed by atoms with van der Waals surface area (Å²) in [6.07, 6.45) is -0.267. The van der Waals surface area contributed by atoms with Crippen molar-refractivity contribution in [3.05, 3.63) is 29.3 Å². The molecule has 0 bridgehead atoms. The first-order chi connectivity index (χ1) is 12.5. The van der Waals surface area contributed by atoms with Crippen LogP contribution in [-0.4, -0.2) is 39.0 Å². The van der Waals surface area contributed by atoms with Crippen molar-refractivity contribution >= 4 is 33.5 Å². The second-order valence-electron chi connectivity index (χ2n) is 6.26. The fraction of sp³-hybridized carbons (Fsp3) is 0.471. The molecule has 0 heterocycles. The highest BCUT2D eigenvalue weighted by atomic mass is 35.5. The van der Waals surface area contributed by atoms with E-state index in [2.05, 4.69) is 10.0 Å². The number of esters is 1. The van der Waals surface area contributed by atoms with Gasteiger partial charge in [-0.2, -0.15) is 5.26 Å². The quantitative estimate of drug-likeness (QED) is 0.590. The van der Waals surface area contributed by atoms with Crippen molar-refractivity contribution in [3.63, 3.8) is 0 Å². The lowest BCUT2D eigenvalue weighted by atomic mass is 9.90. The number of ether oxygens (including phenoxy) is 1. The molecule has 1 aromatic rings. The van der Waals surface area contributed by atoms with E-state index in [0.717, 1.165) is 0 Å². The normalized spacial score (nSPS) is 13.5. The number of carbonyl (C=O) groups is 2. The highest BCUT2D eigenvalue weighted by molar-refractivity contribution is 7.89. The van der Waals surface area contributed by atoms with Gasteiger partial charge >= 0.3 is 5.97 Å². The van der Waals surface area contributed by atoms with Crippen LogP contribution in [0.15, 0.2) is 29.2 Å². The molecule has 0 aliphatic heterocycles. The molecule has 0 aliphatic carbocycles. The lowest BCUT2D eigenvalue weighted by molar-refractivity contribution is -0.148. The Morgan fingerprint density at radius 1 is 1.33 bits per heavy atom. The number of nitrogens with one attached hydrogen (secondary N) is 2. The van der Waals surface area contributed by atoms with Crippen LogP contribution < -0.4 is 10.0 Å². The van der Waals surface area contributed by atoms with Crippen LogP contribution in [0.25, 0.3) is 0 Å². The number of carbonyl (C=O) groups excluding carboxylic acids is 2. The zero-order valence-corrected chi connectivity index (χ0v) is 16.9. The Balaban J connectivity index is 2.45. The topological polar surface area (TPSA) is 125 Å². The van der Waals surface area contributed by atoms with Crippen LogP contribution in [0.1, 0.15) is 27.2 Å². The molecule has 1 aromatic carbocycles. The molecule has 148 valence electrons. The van der Waals surface area contributed by atoms with E-state index in [1.807, 2.05) is 6.07 Å². The molecule has 8 nitrogen and oxygen atoms in total. The molecule has 1 rings (SSSR count). The highest BCUT2D eigenvalue weighted by Gasteiger charge is 2.30. The molecule has 2 N–H and O–H groups in total. The SMILES string of the molecule is CC(C)[C@@](C)(C#N)NC(=O)COC(=O)CCNS(=O)(=O)c1ccccc1Cl. The monoisotopic (exact) mass is 415 g/mol. The van der Waals surface area contributed by atoms with Gasteiger partial charge in [-0.15, -0.1) is 0 Å². The van der Waals surface area contributed by atoms with Gasteiger partial charge in [-0.3, -0.25) is 9.59 Å². The molecule has 0 aliphatic rings. The van der Waals surface area contributed by atoms with E-state index in [9.17, 15) is 18.0 Å². The zero-order valence-electron chi connectivity index (χ0n) is 15.3. The summed E-state index contributed by atoms with van der Waals surface area (Å²) in [5.41, 5.74) is -1.08. The van der Waals surface area contributed by atoms with Gasteiger partial charge in [-0.05, 0) is 25.0 Å². The van der Waals surface area contributed by atoms with Crippen molar-refractivity contribution in [1.82, 2.24) is 10.0 Å². The van der Waals surface area contributed by atoms with Gasteiger partial charge in [0.1, 0.15) is 10.4 Å². The van der Waals surface area contributed by atoms with Gasteiger partial charge in [-0.25, -0.2) is 13.1 Å². The Morgan fingerprint density at radius 2 is 1.96 bits per heavy atom. The maximum atomic E-state index is 12.1. The van der Waals surface area contributed by atoms with Gasteiger partial charge in [0.05, 0.1) is 17.5 Å². The van der Waals surface area contributed by atoms with Gasteiger partial charge in [-0.1, -0.05) is 37.6 Å². The number of hydrogen-bond donors (Lipinski definition) is 2. The van der Waals surface area contributed by atoms with E-state index in [-0.39, 0.29) is 28.8 Å². The van der Waals surface area contributed by atoms with E-state index in [1.54, 1.807) is 26.8 Å². The maximum Gasteiger partial charge on any atom is 0.307 e. The summed E-state index contributed by atoms with van der Waals surface area (Å²) in [7, 11) is -3.86. The number of hydrogen-bond acceptors (Lipinski definition) is 6. The van der Waals surface area contributed by atoms with Crippen LogP contribution in [0.5, 0.6) is 0 Å². The minimum absolute atomic E-state index is 0.0648. The predicted molar refractivity (Wildman–Crippen MR) is 99.2 cm³/mol. The van der Waals surface area contributed by atoms with E-state index < -0.39 is 34.0 Å². The molecule has 1 atom stereocenters. The fourth-order valence-electron chi connectivity index (χ4n) is 1.87. The van der Waals surface area contributed by atoms with Gasteiger partial charge in [0.15, 0.2) is 6.61 Å². The van der Waals surface area contributed by atoms with Crippen LogP contribution in [-0.2, 0) is 24.3 Å². The summed E-state index contributed by atoms with van der Waals surface area (Å²) in [5.74, 6) is -1.51. The second kappa shape index (κ2) is 9.69. The minimum atomic E-state index is -3.86. The maximum absolute atomic E-state index is 12.1. The lowest BCUT2D eigenvalue weighted by Crippen LogP contribution is -2.50. The van der Waals surface area contributed by atoms with Crippen molar-refractivity contribution in [2.45, 2.75) is 37.6 Å². The summed E-state index contributed by atoms with van der Waals surface area (Å²) in [6, 6.07) is 7.91. The van der Waals surface area contributed by atoms with Crippen molar-refractivity contribution in [2.75, 3.05) is 13.2 Å². The van der Waals surface area contributed by atoms with Crippen molar-refractivity contribution < 1.29 is 22.7 Å². The van der Waals surface area contributed by atoms with Crippen molar-refractivity contribution in [1.29, 1.82) is 5.26 Å². The third-order valence-electron chi connectivity index (χ3n) is 3.90. The number of nitrogens with zero attached hydrogens (tertiary/aromatic N) is 1. The van der Waals surface area contributed by atoms with Gasteiger partial charge < -0.3 is 10.1 Å². The molecule has 0 saturated carbocycles. The van der Waals surface area contributed by atoms with Crippen LogP contribution in [0.3, 0.4) is 0 Å². The highest BCUT2D eigenvalue weighted by Crippen LogP contribution is 2.20. The summed E-state index contributed by atoms with van der Waals surface area (Å²) in [4.78, 5) is 23.4. The second-order valence-corrected chi connectivity index (χ2v) is 8.40. The van der Waals surface area contributed by atoms with Crippen LogP contribution in [0, 0.1) is 17.2 Å². The molecule has 27 heavy (non-hydrogen) atoms. The zero-order chi connectivity index (χ0) is 20.7. The summed E-state index contributed by atoms with van der Waals surface area (Å²) >= 11 is 5.84. The third-order valence-corrected chi connectivity index (χ3v) is 5.86. The molecule has 0 spiro atoms. The van der Waals surface area contributed by atoms with E-state index in [0.29, 0.717) is 0 Å². The molecule has 0 aromatic heterocycles. The molecule has 1 amide bonds. The van der Waals surface area contributed by atoms with Gasteiger partial charge in [0.25, 0.3) is 5.91 Å². The fourth-order valence-corrected chi connectivity index (χ4v) is 3.42. The predicted octanol–water partition coefficient (Wildman–Crippen LogP) is 1.61. The molecular formula is C17H22ClN3O5S. The molecular weight excluding hydrogens is 394 g/mol. The number of rotatable bonds is 9. The average molecular weight is 416 g/mol. The van der Waals surface area contributed by atoms with Crippen LogP contribution in [0.4, 0.5) is 0 Å². The van der Waals surface area contributed by atoms with Crippen LogP contribution >= 0.6 is 11.6 Å². The smallest absolute Gasteiger partial charge is 0.307 e. The van der Waals surface area contributed by atoms with E-state index in [1.165, 1.54) is 18.2 Å². The van der Waals surface area contributed by atoms with Crippen LogP contribution in [0.2, 0.25) is 5.02 Å². The first-order valence-corrected chi connectivity index (χ1v) is 10.00. The molecule has 0 unspecified atom stereocenters. The van der Waals surface area contributed by atoms with Gasteiger partial charge in [0.2, 0.25) is 10.0 Å². The number of sulfonamides is 1. The third kappa shape index (κ3) is 6.82. The van der Waals surface area contributed by atoms with E-state index >= 15 is 0 Å². The number of amides is 1. The summed E-state index contributed by atoms with van der Waals surface area (Å²) in [5, 5.41) is 11.7. The number of halogens is 1. The number of nitriles is 1. The van der Waals surface area contributed by atoms with Gasteiger partial charge in [0, 0.05) is 6.54 Å². The average Bonchev–Trinajstić information content (AvgIpc) is 2.59. The Bertz CT molecular complexity index is 835. The standard InChI is InChI=1S/C17H22ClN3O5S/c1-12(2)17(3,11-19)21-15(22)10-26-16(23)8-9-20-27(24,25)14-7-5-4-6-13(14)18/h4-7,12,20H,8-10H2,1-3H3,(H,21,22)/t17-/m1/s1. The Kier molecular flexibility index (Phi) is 8.21. The van der Waals surface area contributed by atoms with Crippen molar-refractivity contribution in [3.8, 4) is 6.07 Å². The largest absolute Gasteiger partial charge is 0.456 e. The molecule has 0 fully saturated rings. The first kappa shape index (κ1) is 22.9. The summed E-state index contributed by atoms with van der Waals surface area (Å²) < 4.78 is 31.3. The lowest BCUT2D eigenvalue weighted by Gasteiger charge is -2.27. The Labute approximate surface area is 163 Å². The number of benzene rings is 1. The molecule has 10 heteroatoms.